The number of piperazine rings is 1. The van der Waals surface area contributed by atoms with Crippen molar-refractivity contribution in [1.82, 2.24) is 9.80 Å². The summed E-state index contributed by atoms with van der Waals surface area (Å²) in [6, 6.07) is 6.41. The summed E-state index contributed by atoms with van der Waals surface area (Å²) in [6.07, 6.45) is 1.10. The Kier molecular flexibility index (Phi) is 5.83. The highest BCUT2D eigenvalue weighted by atomic mass is 16.5. The van der Waals surface area contributed by atoms with Gasteiger partial charge in [-0.3, -0.25) is 4.90 Å². The van der Waals surface area contributed by atoms with Crippen LogP contribution in [0.1, 0.15) is 17.5 Å². The Labute approximate surface area is 122 Å². The molecule has 0 atom stereocenters. The largest absolute Gasteiger partial charge is 0.496 e. The maximum absolute atomic E-state index is 5.57. The second-order valence-electron chi connectivity index (χ2n) is 5.58. The zero-order chi connectivity index (χ0) is 14.4. The Bertz CT molecular complexity index is 414. The van der Waals surface area contributed by atoms with Crippen molar-refractivity contribution in [2.75, 3.05) is 46.4 Å². The first-order chi connectivity index (χ1) is 9.72. The van der Waals surface area contributed by atoms with Crippen LogP contribution in [-0.2, 0) is 6.54 Å². The lowest BCUT2D eigenvalue weighted by atomic mass is 10.1. The third-order valence-corrected chi connectivity index (χ3v) is 3.97. The number of methoxy groups -OCH3 is 1. The van der Waals surface area contributed by atoms with E-state index in [4.69, 9.17) is 10.5 Å². The molecule has 1 heterocycles. The highest BCUT2D eigenvalue weighted by Crippen LogP contribution is 2.21. The fourth-order valence-corrected chi connectivity index (χ4v) is 2.76. The Hall–Kier alpha value is -1.10. The van der Waals surface area contributed by atoms with Crippen molar-refractivity contribution in [2.45, 2.75) is 19.9 Å². The van der Waals surface area contributed by atoms with Gasteiger partial charge in [0.25, 0.3) is 0 Å². The van der Waals surface area contributed by atoms with Gasteiger partial charge < -0.3 is 15.4 Å². The molecule has 0 unspecified atom stereocenters. The lowest BCUT2D eigenvalue weighted by Crippen LogP contribution is -2.46. The summed E-state index contributed by atoms with van der Waals surface area (Å²) >= 11 is 0. The summed E-state index contributed by atoms with van der Waals surface area (Å²) in [7, 11) is 1.75. The van der Waals surface area contributed by atoms with Crippen molar-refractivity contribution < 1.29 is 4.74 Å². The number of nitrogens with zero attached hydrogens (tertiary/aromatic N) is 2. The number of hydrogen-bond acceptors (Lipinski definition) is 4. The van der Waals surface area contributed by atoms with Gasteiger partial charge in [-0.1, -0.05) is 17.7 Å². The molecule has 2 rings (SSSR count). The lowest BCUT2D eigenvalue weighted by molar-refractivity contribution is 0.126. The van der Waals surface area contributed by atoms with Crippen LogP contribution >= 0.6 is 0 Å². The van der Waals surface area contributed by atoms with Gasteiger partial charge in [-0.25, -0.2) is 0 Å². The van der Waals surface area contributed by atoms with Crippen LogP contribution < -0.4 is 10.5 Å². The molecule has 1 aliphatic rings. The SMILES string of the molecule is COc1ccc(C)cc1CN1CCN(CCCN)CC1. The third-order valence-electron chi connectivity index (χ3n) is 3.97. The van der Waals surface area contributed by atoms with Gasteiger partial charge in [0.2, 0.25) is 0 Å². The summed E-state index contributed by atoms with van der Waals surface area (Å²) in [5, 5.41) is 0. The zero-order valence-corrected chi connectivity index (χ0v) is 12.8. The quantitative estimate of drug-likeness (QED) is 0.855. The first-order valence-electron chi connectivity index (χ1n) is 7.51. The number of ether oxygens (including phenoxy) is 1. The van der Waals surface area contributed by atoms with Crippen molar-refractivity contribution in [3.63, 3.8) is 0 Å². The minimum atomic E-state index is 0.792. The van der Waals surface area contributed by atoms with Crippen molar-refractivity contribution in [1.29, 1.82) is 0 Å². The average Bonchev–Trinajstić information content (AvgIpc) is 2.47. The average molecular weight is 277 g/mol. The van der Waals surface area contributed by atoms with Crippen LogP contribution in [0.3, 0.4) is 0 Å². The molecule has 4 nitrogen and oxygen atoms in total. The predicted molar refractivity (Wildman–Crippen MR) is 83.1 cm³/mol. The van der Waals surface area contributed by atoms with E-state index in [1.165, 1.54) is 11.1 Å². The van der Waals surface area contributed by atoms with Crippen LogP contribution in [0.15, 0.2) is 18.2 Å². The van der Waals surface area contributed by atoms with Crippen LogP contribution in [-0.4, -0.2) is 56.2 Å². The number of nitrogens with two attached hydrogens (primary N) is 1. The summed E-state index contributed by atoms with van der Waals surface area (Å²) in [5.41, 5.74) is 8.16. The highest BCUT2D eigenvalue weighted by molar-refractivity contribution is 5.36. The Morgan fingerprint density at radius 3 is 2.50 bits per heavy atom. The maximum atomic E-state index is 5.57. The first kappa shape index (κ1) is 15.3. The van der Waals surface area contributed by atoms with Gasteiger partial charge in [0.15, 0.2) is 0 Å². The predicted octanol–water partition coefficient (Wildman–Crippen LogP) is 1.47. The van der Waals surface area contributed by atoms with E-state index in [9.17, 15) is 0 Å². The van der Waals surface area contributed by atoms with Crippen molar-refractivity contribution in [2.24, 2.45) is 5.73 Å². The summed E-state index contributed by atoms with van der Waals surface area (Å²) in [4.78, 5) is 5.02. The molecular formula is C16H27N3O. The second kappa shape index (κ2) is 7.62. The molecule has 0 spiro atoms. The van der Waals surface area contributed by atoms with Gasteiger partial charge in [-0.15, -0.1) is 0 Å². The Morgan fingerprint density at radius 1 is 1.15 bits per heavy atom. The molecular weight excluding hydrogens is 250 g/mol. The number of benzene rings is 1. The number of rotatable bonds is 6. The Balaban J connectivity index is 1.87. The van der Waals surface area contributed by atoms with Gasteiger partial charge in [-0.05, 0) is 32.5 Å². The molecule has 1 fully saturated rings. The lowest BCUT2D eigenvalue weighted by Gasteiger charge is -2.34. The van der Waals surface area contributed by atoms with Crippen molar-refractivity contribution in [3.8, 4) is 5.75 Å². The van der Waals surface area contributed by atoms with E-state index in [1.54, 1.807) is 7.11 Å². The molecule has 112 valence electrons. The molecule has 2 N–H and O–H groups in total. The van der Waals surface area contributed by atoms with Gasteiger partial charge in [0.05, 0.1) is 7.11 Å². The molecule has 0 bridgehead atoms. The van der Waals surface area contributed by atoms with Gasteiger partial charge >= 0.3 is 0 Å². The fraction of sp³-hybridized carbons (Fsp3) is 0.625. The van der Waals surface area contributed by atoms with E-state index in [0.29, 0.717) is 0 Å². The van der Waals surface area contributed by atoms with E-state index in [1.807, 2.05) is 0 Å². The van der Waals surface area contributed by atoms with E-state index < -0.39 is 0 Å². The zero-order valence-electron chi connectivity index (χ0n) is 12.8. The summed E-state index contributed by atoms with van der Waals surface area (Å²) in [5.74, 6) is 1.00. The van der Waals surface area contributed by atoms with Gasteiger partial charge in [-0.2, -0.15) is 0 Å². The van der Waals surface area contributed by atoms with E-state index in [-0.39, 0.29) is 0 Å². The van der Waals surface area contributed by atoms with Crippen LogP contribution in [0.2, 0.25) is 0 Å². The van der Waals surface area contributed by atoms with E-state index in [0.717, 1.165) is 58.0 Å². The van der Waals surface area contributed by atoms with Gasteiger partial charge in [0.1, 0.15) is 5.75 Å². The topological polar surface area (TPSA) is 41.7 Å². The molecule has 0 amide bonds. The second-order valence-corrected chi connectivity index (χ2v) is 5.58. The number of aryl methyl sites for hydroxylation is 1. The Morgan fingerprint density at radius 2 is 1.85 bits per heavy atom. The smallest absolute Gasteiger partial charge is 0.123 e. The van der Waals surface area contributed by atoms with Gasteiger partial charge in [0, 0.05) is 38.3 Å². The van der Waals surface area contributed by atoms with Crippen molar-refractivity contribution in [3.05, 3.63) is 29.3 Å². The van der Waals surface area contributed by atoms with Crippen LogP contribution in [0.5, 0.6) is 5.75 Å². The first-order valence-corrected chi connectivity index (χ1v) is 7.51. The minimum absolute atomic E-state index is 0.792. The van der Waals surface area contributed by atoms with Crippen LogP contribution in [0, 0.1) is 6.92 Å². The monoisotopic (exact) mass is 277 g/mol. The molecule has 20 heavy (non-hydrogen) atoms. The molecule has 1 aliphatic heterocycles. The maximum Gasteiger partial charge on any atom is 0.123 e. The normalized spacial score (nSPS) is 17.4. The van der Waals surface area contributed by atoms with Crippen LogP contribution in [0.4, 0.5) is 0 Å². The fourth-order valence-electron chi connectivity index (χ4n) is 2.76. The number of hydrogen-bond donors (Lipinski definition) is 1. The minimum Gasteiger partial charge on any atom is -0.496 e. The third kappa shape index (κ3) is 4.20. The summed E-state index contributed by atoms with van der Waals surface area (Å²) in [6.45, 7) is 9.59. The molecule has 0 saturated carbocycles. The highest BCUT2D eigenvalue weighted by Gasteiger charge is 2.17. The van der Waals surface area contributed by atoms with E-state index >= 15 is 0 Å². The van der Waals surface area contributed by atoms with E-state index in [2.05, 4.69) is 34.9 Å². The van der Waals surface area contributed by atoms with Crippen LogP contribution in [0.25, 0.3) is 0 Å². The molecule has 1 aromatic rings. The molecule has 0 radical (unpaired) electrons. The molecule has 1 aromatic carbocycles. The van der Waals surface area contributed by atoms with Crippen molar-refractivity contribution >= 4 is 0 Å². The molecule has 1 saturated heterocycles. The molecule has 4 heteroatoms. The summed E-state index contributed by atoms with van der Waals surface area (Å²) < 4.78 is 5.47. The molecule has 0 aromatic heterocycles. The standard InChI is InChI=1S/C16H27N3O/c1-14-4-5-16(20-2)15(12-14)13-19-10-8-18(9-11-19)7-3-6-17/h4-5,12H,3,6-11,13,17H2,1-2H3. The molecule has 0 aliphatic carbocycles.